The molecule has 0 aromatic heterocycles. The van der Waals surface area contributed by atoms with Crippen molar-refractivity contribution in [3.05, 3.63) is 92.9 Å². The molecule has 1 unspecified atom stereocenters. The van der Waals surface area contributed by atoms with Crippen LogP contribution in [0.15, 0.2) is 71.6 Å². The van der Waals surface area contributed by atoms with Crippen LogP contribution in [0.4, 0.5) is 5.69 Å². The van der Waals surface area contributed by atoms with E-state index in [9.17, 15) is 18.0 Å². The molecule has 1 N–H and O–H groups in total. The summed E-state index contributed by atoms with van der Waals surface area (Å²) in [7, 11) is -4.17. The second kappa shape index (κ2) is 14.1. The number of hydrogen-bond acceptors (Lipinski definition) is 4. The Bertz CT molecular complexity index is 1530. The van der Waals surface area contributed by atoms with Crippen molar-refractivity contribution in [1.82, 2.24) is 10.2 Å². The summed E-state index contributed by atoms with van der Waals surface area (Å²) >= 11 is 18.7. The molecule has 2 amide bonds. The minimum atomic E-state index is -4.17. The third-order valence-corrected chi connectivity index (χ3v) is 10.1. The number of benzene rings is 3. The van der Waals surface area contributed by atoms with E-state index in [1.807, 2.05) is 0 Å². The monoisotopic (exact) mass is 649 g/mol. The van der Waals surface area contributed by atoms with Crippen molar-refractivity contribution in [2.24, 2.45) is 0 Å². The number of nitrogens with zero attached hydrogens (tertiary/aromatic N) is 2. The number of carbonyl (C=O) groups is 2. The molecule has 11 heteroatoms. The SMILES string of the molecule is Cc1cc(Cl)ccc1N(CC(=O)N(Cc1ccc(Cl)cc1Cl)C(C)C(=O)NC1CCCCC1)S(=O)(=O)c1ccccc1. The number of rotatable bonds is 10. The maximum absolute atomic E-state index is 14.1. The molecule has 1 atom stereocenters. The molecule has 0 saturated heterocycles. The average molecular weight is 651 g/mol. The number of hydrogen-bond donors (Lipinski definition) is 1. The van der Waals surface area contributed by atoms with E-state index in [1.54, 1.807) is 68.4 Å². The van der Waals surface area contributed by atoms with Gasteiger partial charge in [-0.2, -0.15) is 0 Å². The Morgan fingerprint density at radius 3 is 2.21 bits per heavy atom. The lowest BCUT2D eigenvalue weighted by Crippen LogP contribution is -2.53. The fraction of sp³-hybridized carbons (Fsp3) is 0.355. The highest BCUT2D eigenvalue weighted by molar-refractivity contribution is 7.92. The number of aryl methyl sites for hydroxylation is 1. The molecule has 0 bridgehead atoms. The summed E-state index contributed by atoms with van der Waals surface area (Å²) in [6.45, 7) is 2.80. The van der Waals surface area contributed by atoms with Crippen LogP contribution >= 0.6 is 34.8 Å². The maximum Gasteiger partial charge on any atom is 0.264 e. The third-order valence-electron chi connectivity index (χ3n) is 7.51. The fourth-order valence-corrected chi connectivity index (χ4v) is 7.31. The number of sulfonamides is 1. The summed E-state index contributed by atoms with van der Waals surface area (Å²) in [5.41, 5.74) is 1.46. The smallest absolute Gasteiger partial charge is 0.264 e. The normalized spacial score (nSPS) is 14.7. The van der Waals surface area contributed by atoms with Gasteiger partial charge < -0.3 is 10.2 Å². The molecular weight excluding hydrogens is 617 g/mol. The second-order valence-electron chi connectivity index (χ2n) is 10.5. The summed E-state index contributed by atoms with van der Waals surface area (Å²) in [6.07, 6.45) is 4.98. The van der Waals surface area contributed by atoms with Gasteiger partial charge in [0.2, 0.25) is 11.8 Å². The van der Waals surface area contributed by atoms with Gasteiger partial charge in [0.25, 0.3) is 10.0 Å². The van der Waals surface area contributed by atoms with Crippen LogP contribution in [0.5, 0.6) is 0 Å². The van der Waals surface area contributed by atoms with Crippen LogP contribution in [0.1, 0.15) is 50.2 Å². The Labute approximate surface area is 262 Å². The molecule has 4 rings (SSSR count). The van der Waals surface area contributed by atoms with Crippen molar-refractivity contribution in [1.29, 1.82) is 0 Å². The van der Waals surface area contributed by atoms with E-state index >= 15 is 0 Å². The summed E-state index contributed by atoms with van der Waals surface area (Å²) in [6, 6.07) is 16.7. The first-order chi connectivity index (χ1) is 20.0. The summed E-state index contributed by atoms with van der Waals surface area (Å²) in [4.78, 5) is 29.0. The first kappa shape index (κ1) is 32.1. The van der Waals surface area contributed by atoms with Crippen LogP contribution < -0.4 is 9.62 Å². The van der Waals surface area contributed by atoms with Gasteiger partial charge in [0.1, 0.15) is 12.6 Å². The molecule has 0 spiro atoms. The lowest BCUT2D eigenvalue weighted by atomic mass is 9.95. The predicted molar refractivity (Wildman–Crippen MR) is 169 cm³/mol. The average Bonchev–Trinajstić information content (AvgIpc) is 2.96. The van der Waals surface area contributed by atoms with E-state index in [0.29, 0.717) is 31.9 Å². The van der Waals surface area contributed by atoms with Gasteiger partial charge in [-0.15, -0.1) is 0 Å². The van der Waals surface area contributed by atoms with Gasteiger partial charge in [-0.05, 0) is 80.3 Å². The Morgan fingerprint density at radius 2 is 1.57 bits per heavy atom. The zero-order valence-electron chi connectivity index (χ0n) is 23.5. The molecule has 3 aromatic carbocycles. The highest BCUT2D eigenvalue weighted by Gasteiger charge is 2.34. The van der Waals surface area contributed by atoms with Crippen molar-refractivity contribution in [2.75, 3.05) is 10.8 Å². The molecule has 0 heterocycles. The highest BCUT2D eigenvalue weighted by Crippen LogP contribution is 2.30. The van der Waals surface area contributed by atoms with Gasteiger partial charge in [-0.1, -0.05) is 78.3 Å². The van der Waals surface area contributed by atoms with Crippen molar-refractivity contribution < 1.29 is 18.0 Å². The van der Waals surface area contributed by atoms with Crippen LogP contribution in [0.3, 0.4) is 0 Å². The Balaban J connectivity index is 1.71. The molecule has 3 aromatic rings. The first-order valence-electron chi connectivity index (χ1n) is 13.8. The minimum Gasteiger partial charge on any atom is -0.352 e. The standard InChI is InChI=1S/C31H34Cl3N3O4S/c1-21-17-24(32)15-16-29(21)37(42(40,41)27-11-7-4-8-12-27)20-30(38)36(19-23-13-14-25(33)18-28(23)34)22(2)31(39)35-26-9-5-3-6-10-26/h4,7-8,11-18,22,26H,3,5-6,9-10,19-20H2,1-2H3,(H,35,39). The van der Waals surface area contributed by atoms with Crippen molar-refractivity contribution in [3.63, 3.8) is 0 Å². The van der Waals surface area contributed by atoms with E-state index in [2.05, 4.69) is 5.32 Å². The van der Waals surface area contributed by atoms with Crippen LogP contribution in [0, 0.1) is 6.92 Å². The molecular formula is C31H34Cl3N3O4S. The lowest BCUT2D eigenvalue weighted by Gasteiger charge is -2.33. The van der Waals surface area contributed by atoms with Crippen molar-refractivity contribution in [2.45, 2.75) is 69.5 Å². The summed E-state index contributed by atoms with van der Waals surface area (Å²) < 4.78 is 29.0. The van der Waals surface area contributed by atoms with Gasteiger partial charge in [-0.25, -0.2) is 8.42 Å². The summed E-state index contributed by atoms with van der Waals surface area (Å²) in [5, 5.41) is 4.29. The van der Waals surface area contributed by atoms with Crippen molar-refractivity contribution in [3.8, 4) is 0 Å². The van der Waals surface area contributed by atoms with E-state index in [4.69, 9.17) is 34.8 Å². The van der Waals surface area contributed by atoms with Gasteiger partial charge in [0.05, 0.1) is 10.6 Å². The molecule has 1 aliphatic carbocycles. The number of carbonyl (C=O) groups excluding carboxylic acids is 2. The van der Waals surface area contributed by atoms with Crippen LogP contribution in [0.25, 0.3) is 0 Å². The molecule has 1 aliphatic rings. The number of amides is 2. The zero-order valence-corrected chi connectivity index (χ0v) is 26.6. The molecule has 1 saturated carbocycles. The Morgan fingerprint density at radius 1 is 0.929 bits per heavy atom. The molecule has 1 fully saturated rings. The fourth-order valence-electron chi connectivity index (χ4n) is 5.12. The molecule has 42 heavy (non-hydrogen) atoms. The predicted octanol–water partition coefficient (Wildman–Crippen LogP) is 7.02. The molecule has 7 nitrogen and oxygen atoms in total. The van der Waals surface area contributed by atoms with Gasteiger partial charge in [0.15, 0.2) is 0 Å². The van der Waals surface area contributed by atoms with Gasteiger partial charge in [0, 0.05) is 27.7 Å². The molecule has 224 valence electrons. The molecule has 0 aliphatic heterocycles. The maximum atomic E-state index is 14.1. The van der Waals surface area contributed by atoms with Crippen LogP contribution in [-0.2, 0) is 26.2 Å². The van der Waals surface area contributed by atoms with Crippen LogP contribution in [-0.4, -0.2) is 43.8 Å². The lowest BCUT2D eigenvalue weighted by molar-refractivity contribution is -0.139. The highest BCUT2D eigenvalue weighted by atomic mass is 35.5. The largest absolute Gasteiger partial charge is 0.352 e. The van der Waals surface area contributed by atoms with Crippen molar-refractivity contribution >= 4 is 62.3 Å². The number of halogens is 3. The number of anilines is 1. The summed E-state index contributed by atoms with van der Waals surface area (Å²) in [5.74, 6) is -0.873. The van der Waals surface area contributed by atoms with Crippen LogP contribution in [0.2, 0.25) is 15.1 Å². The Hall–Kier alpha value is -2.78. The quantitative estimate of drug-likeness (QED) is 0.256. The topological polar surface area (TPSA) is 86.8 Å². The first-order valence-corrected chi connectivity index (χ1v) is 16.4. The van der Waals surface area contributed by atoms with E-state index in [-0.39, 0.29) is 23.4 Å². The third kappa shape index (κ3) is 7.78. The van der Waals surface area contributed by atoms with E-state index in [0.717, 1.165) is 36.4 Å². The van der Waals surface area contributed by atoms with E-state index < -0.39 is 28.5 Å². The van der Waals surface area contributed by atoms with Gasteiger partial charge >= 0.3 is 0 Å². The second-order valence-corrected chi connectivity index (χ2v) is 13.7. The number of nitrogens with one attached hydrogen (secondary N) is 1. The van der Waals surface area contributed by atoms with E-state index in [1.165, 1.54) is 17.0 Å². The van der Waals surface area contributed by atoms with Gasteiger partial charge in [-0.3, -0.25) is 13.9 Å². The Kier molecular flexibility index (Phi) is 10.8. The molecule has 0 radical (unpaired) electrons. The minimum absolute atomic E-state index is 0.0209. The zero-order chi connectivity index (χ0) is 30.4.